The largest absolute Gasteiger partial charge is 0.451 e. The predicted molar refractivity (Wildman–Crippen MR) is 131 cm³/mol. The van der Waals surface area contributed by atoms with Crippen LogP contribution in [-0.2, 0) is 27.2 Å². The molecule has 7 nitrogen and oxygen atoms in total. The Balaban J connectivity index is 1.53. The van der Waals surface area contributed by atoms with Crippen molar-refractivity contribution in [1.82, 2.24) is 4.90 Å². The predicted octanol–water partition coefficient (Wildman–Crippen LogP) is 4.03. The zero-order chi connectivity index (χ0) is 24.9. The van der Waals surface area contributed by atoms with Crippen molar-refractivity contribution in [3.63, 3.8) is 0 Å². The normalized spacial score (nSPS) is 14.3. The van der Waals surface area contributed by atoms with Gasteiger partial charge in [-0.25, -0.2) is 4.79 Å². The number of carbonyl (C=O) groups is 4. The number of hydrogen-bond acceptors (Lipinski definition) is 5. The number of hydrogen-bond donors (Lipinski definition) is 1. The number of anilines is 1. The Morgan fingerprint density at radius 2 is 1.40 bits per heavy atom. The lowest BCUT2D eigenvalue weighted by atomic mass is 10.0. The number of imide groups is 1. The first-order chi connectivity index (χ1) is 16.9. The lowest BCUT2D eigenvalue weighted by molar-refractivity contribution is -0.157. The highest BCUT2D eigenvalue weighted by Gasteiger charge is 2.44. The molecule has 35 heavy (non-hydrogen) atoms. The molecule has 3 aromatic rings. The summed E-state index contributed by atoms with van der Waals surface area (Å²) in [6, 6.07) is 21.6. The van der Waals surface area contributed by atoms with Gasteiger partial charge in [0.25, 0.3) is 17.7 Å². The first-order valence-electron chi connectivity index (χ1n) is 11.5. The monoisotopic (exact) mass is 470 g/mol. The number of aryl methyl sites for hydroxylation is 1. The zero-order valence-electron chi connectivity index (χ0n) is 19.6. The van der Waals surface area contributed by atoms with Crippen molar-refractivity contribution in [2.24, 2.45) is 0 Å². The molecule has 0 fully saturated rings. The highest BCUT2D eigenvalue weighted by Crippen LogP contribution is 2.27. The van der Waals surface area contributed by atoms with Crippen LogP contribution in [0.15, 0.2) is 78.9 Å². The van der Waals surface area contributed by atoms with Crippen molar-refractivity contribution in [3.05, 3.63) is 101 Å². The molecule has 3 amide bonds. The van der Waals surface area contributed by atoms with Crippen LogP contribution in [0, 0.1) is 0 Å². The molecule has 0 spiro atoms. The van der Waals surface area contributed by atoms with Crippen LogP contribution >= 0.6 is 0 Å². The van der Waals surface area contributed by atoms with Gasteiger partial charge in [-0.2, -0.15) is 0 Å². The molecule has 1 aliphatic rings. The van der Waals surface area contributed by atoms with Gasteiger partial charge in [0.05, 0.1) is 11.1 Å². The van der Waals surface area contributed by atoms with Gasteiger partial charge in [-0.1, -0.05) is 61.5 Å². The van der Waals surface area contributed by atoms with Crippen LogP contribution in [0.5, 0.6) is 0 Å². The van der Waals surface area contributed by atoms with Crippen molar-refractivity contribution >= 4 is 29.4 Å². The Morgan fingerprint density at radius 3 is 1.97 bits per heavy atom. The molecule has 1 heterocycles. The van der Waals surface area contributed by atoms with Crippen LogP contribution in [0.1, 0.15) is 45.7 Å². The van der Waals surface area contributed by atoms with Crippen molar-refractivity contribution in [3.8, 4) is 0 Å². The first kappa shape index (κ1) is 23.9. The van der Waals surface area contributed by atoms with Crippen LogP contribution in [0.25, 0.3) is 0 Å². The second-order valence-electron chi connectivity index (χ2n) is 8.35. The summed E-state index contributed by atoms with van der Waals surface area (Å²) < 4.78 is 5.47. The van der Waals surface area contributed by atoms with E-state index in [-0.39, 0.29) is 17.5 Å². The molecule has 0 bridgehead atoms. The van der Waals surface area contributed by atoms with Crippen LogP contribution in [-0.4, -0.2) is 40.7 Å². The van der Waals surface area contributed by atoms with E-state index in [2.05, 4.69) is 5.32 Å². The third kappa shape index (κ3) is 5.14. The van der Waals surface area contributed by atoms with Gasteiger partial charge in [0.1, 0.15) is 6.04 Å². The molecular formula is C28H26N2O5. The molecule has 2 unspecified atom stereocenters. The fraction of sp³-hybridized carbons (Fsp3) is 0.214. The van der Waals surface area contributed by atoms with Gasteiger partial charge < -0.3 is 10.1 Å². The van der Waals surface area contributed by atoms with E-state index in [1.165, 1.54) is 6.92 Å². The number of carbonyl (C=O) groups excluding carboxylic acids is 4. The summed E-state index contributed by atoms with van der Waals surface area (Å²) in [6.45, 7) is 3.49. The van der Waals surface area contributed by atoms with E-state index < -0.39 is 35.8 Å². The van der Waals surface area contributed by atoms with Crippen molar-refractivity contribution in [2.75, 3.05) is 5.32 Å². The molecule has 0 radical (unpaired) electrons. The Bertz CT molecular complexity index is 1220. The molecule has 1 N–H and O–H groups in total. The standard InChI is InChI=1S/C28H26N2O5/c1-3-19-13-15-21(16-14-19)29-25(31)18(2)35-28(34)24(17-20-9-5-4-6-10-20)30-26(32)22-11-7-8-12-23(22)27(30)33/h4-16,18,24H,3,17H2,1-2H3,(H,29,31). The SMILES string of the molecule is CCc1ccc(NC(=O)C(C)OC(=O)C(Cc2ccccc2)N2C(=O)c3ccccc3C2=O)cc1. The number of fused-ring (bicyclic) bond motifs is 1. The summed E-state index contributed by atoms with van der Waals surface area (Å²) in [5.74, 6) is -2.45. The number of rotatable bonds is 8. The number of nitrogens with zero attached hydrogens (tertiary/aromatic N) is 1. The van der Waals surface area contributed by atoms with E-state index in [9.17, 15) is 19.2 Å². The fourth-order valence-electron chi connectivity index (χ4n) is 3.98. The average Bonchev–Trinajstić information content (AvgIpc) is 3.13. The quantitative estimate of drug-likeness (QED) is 0.396. The highest BCUT2D eigenvalue weighted by molar-refractivity contribution is 6.22. The van der Waals surface area contributed by atoms with Crippen LogP contribution in [0.2, 0.25) is 0 Å². The zero-order valence-corrected chi connectivity index (χ0v) is 19.6. The van der Waals surface area contributed by atoms with E-state index in [0.29, 0.717) is 5.69 Å². The minimum atomic E-state index is -1.22. The summed E-state index contributed by atoms with van der Waals surface area (Å²) >= 11 is 0. The second kappa shape index (κ2) is 10.3. The van der Waals surface area contributed by atoms with Crippen molar-refractivity contribution < 1.29 is 23.9 Å². The van der Waals surface area contributed by atoms with E-state index in [1.807, 2.05) is 25.1 Å². The summed E-state index contributed by atoms with van der Waals surface area (Å²) in [6.07, 6.45) is -0.192. The molecule has 178 valence electrons. The highest BCUT2D eigenvalue weighted by atomic mass is 16.5. The van der Waals surface area contributed by atoms with E-state index >= 15 is 0 Å². The molecular weight excluding hydrogens is 444 g/mol. The summed E-state index contributed by atoms with van der Waals surface area (Å²) in [4.78, 5) is 53.0. The minimum Gasteiger partial charge on any atom is -0.451 e. The van der Waals surface area contributed by atoms with Gasteiger partial charge in [0, 0.05) is 12.1 Å². The van der Waals surface area contributed by atoms with Gasteiger partial charge >= 0.3 is 5.97 Å². The lowest BCUT2D eigenvalue weighted by Gasteiger charge is -2.26. The summed E-state index contributed by atoms with van der Waals surface area (Å²) in [5.41, 5.74) is 2.94. The third-order valence-electron chi connectivity index (χ3n) is 5.97. The number of ether oxygens (including phenoxy) is 1. The maximum atomic E-state index is 13.3. The topological polar surface area (TPSA) is 92.8 Å². The molecule has 0 saturated carbocycles. The lowest BCUT2D eigenvalue weighted by Crippen LogP contribution is -2.48. The molecule has 0 saturated heterocycles. The summed E-state index contributed by atoms with van der Waals surface area (Å²) in [5, 5.41) is 2.72. The van der Waals surface area contributed by atoms with Crippen LogP contribution < -0.4 is 5.32 Å². The molecule has 0 aliphatic carbocycles. The number of esters is 1. The van der Waals surface area contributed by atoms with E-state index in [4.69, 9.17) is 4.74 Å². The Labute approximate surface area is 203 Å². The molecule has 2 atom stereocenters. The number of amides is 3. The third-order valence-corrected chi connectivity index (χ3v) is 5.97. The maximum absolute atomic E-state index is 13.3. The summed E-state index contributed by atoms with van der Waals surface area (Å²) in [7, 11) is 0. The van der Waals surface area contributed by atoms with Crippen molar-refractivity contribution in [1.29, 1.82) is 0 Å². The van der Waals surface area contributed by atoms with Gasteiger partial charge in [-0.3, -0.25) is 19.3 Å². The molecule has 1 aliphatic heterocycles. The van der Waals surface area contributed by atoms with Gasteiger partial charge in [0.2, 0.25) is 0 Å². The minimum absolute atomic E-state index is 0.0674. The number of benzene rings is 3. The molecule has 7 heteroatoms. The first-order valence-corrected chi connectivity index (χ1v) is 11.5. The molecule has 0 aromatic heterocycles. The van der Waals surface area contributed by atoms with Gasteiger partial charge in [0.15, 0.2) is 6.10 Å². The average molecular weight is 471 g/mol. The smallest absolute Gasteiger partial charge is 0.330 e. The second-order valence-corrected chi connectivity index (χ2v) is 8.35. The Hall–Kier alpha value is -4.26. The van der Waals surface area contributed by atoms with Crippen LogP contribution in [0.4, 0.5) is 5.69 Å². The molecule has 3 aromatic carbocycles. The van der Waals surface area contributed by atoms with E-state index in [1.54, 1.807) is 60.7 Å². The van der Waals surface area contributed by atoms with E-state index in [0.717, 1.165) is 22.4 Å². The Morgan fingerprint density at radius 1 is 0.829 bits per heavy atom. The fourth-order valence-corrected chi connectivity index (χ4v) is 3.98. The van der Waals surface area contributed by atoms with Gasteiger partial charge in [-0.15, -0.1) is 0 Å². The van der Waals surface area contributed by atoms with Crippen molar-refractivity contribution in [2.45, 2.75) is 38.8 Å². The van der Waals surface area contributed by atoms with Crippen LogP contribution in [0.3, 0.4) is 0 Å². The van der Waals surface area contributed by atoms with Gasteiger partial charge in [-0.05, 0) is 48.7 Å². The number of nitrogens with one attached hydrogen (secondary N) is 1. The Kier molecular flexibility index (Phi) is 7.06. The maximum Gasteiger partial charge on any atom is 0.330 e. The molecule has 4 rings (SSSR count).